The van der Waals surface area contributed by atoms with Crippen LogP contribution in [0.5, 0.6) is 0 Å². The second-order valence-corrected chi connectivity index (χ2v) is 13.6. The Morgan fingerprint density at radius 3 is 1.91 bits per heavy atom. The van der Waals surface area contributed by atoms with Crippen LogP contribution in [0.15, 0.2) is 48.5 Å². The van der Waals surface area contributed by atoms with E-state index in [9.17, 15) is 29.1 Å². The summed E-state index contributed by atoms with van der Waals surface area (Å²) in [6, 6.07) is 12.4. The summed E-state index contributed by atoms with van der Waals surface area (Å²) in [7, 11) is 0. The Kier molecular flexibility index (Phi) is 15.8. The maximum Gasteiger partial charge on any atom is 0.326 e. The van der Waals surface area contributed by atoms with Crippen molar-refractivity contribution in [1.82, 2.24) is 10.6 Å². The third kappa shape index (κ3) is 13.2. The van der Waals surface area contributed by atoms with Crippen molar-refractivity contribution in [3.63, 3.8) is 0 Å². The van der Waals surface area contributed by atoms with Crippen LogP contribution in [-0.2, 0) is 23.9 Å². The lowest BCUT2D eigenvalue weighted by Crippen LogP contribution is -2.53. The molecule has 0 heterocycles. The molecule has 0 aliphatic heterocycles. The minimum absolute atomic E-state index is 0.0501. The van der Waals surface area contributed by atoms with Crippen molar-refractivity contribution < 1.29 is 33.8 Å². The molecule has 0 fully saturated rings. The van der Waals surface area contributed by atoms with Gasteiger partial charge in [0.1, 0.15) is 12.1 Å². The topological polar surface area (TPSA) is 139 Å². The molecule has 0 spiro atoms. The molecule has 0 aromatic heterocycles. The number of carboxylic acid groups (broad SMARTS) is 1. The minimum Gasteiger partial charge on any atom is -0.480 e. The number of unbranched alkanes of at least 4 members (excludes halogenated alkanes) is 2. The molecule has 258 valence electrons. The SMILES string of the molecule is CCCCC[C@H](NC(=O)[C@H](C)CC(=O)[C@@H](NC(=O)[C@H](CC)CC(=O)c1ccc(-c2ccc(Cl)cc2)cc1)[C@@H](C)OC(C)(C)C)C(=O)O. The Morgan fingerprint density at radius 2 is 1.40 bits per heavy atom. The van der Waals surface area contributed by atoms with Crippen molar-refractivity contribution >= 4 is 41.0 Å². The molecule has 2 amide bonds. The van der Waals surface area contributed by atoms with Crippen LogP contribution in [0.3, 0.4) is 0 Å². The van der Waals surface area contributed by atoms with Gasteiger partial charge < -0.3 is 20.5 Å². The highest BCUT2D eigenvalue weighted by Crippen LogP contribution is 2.24. The van der Waals surface area contributed by atoms with Gasteiger partial charge >= 0.3 is 5.97 Å². The fraction of sp³-hybridized carbons (Fsp3) is 0.541. The molecule has 3 N–H and O–H groups in total. The number of hydrogen-bond acceptors (Lipinski definition) is 6. The highest BCUT2D eigenvalue weighted by atomic mass is 35.5. The van der Waals surface area contributed by atoms with E-state index in [1.54, 1.807) is 45.0 Å². The number of aliphatic carboxylic acids is 1. The zero-order chi connectivity index (χ0) is 35.3. The summed E-state index contributed by atoms with van der Waals surface area (Å²) >= 11 is 5.99. The van der Waals surface area contributed by atoms with E-state index < -0.39 is 59.2 Å². The van der Waals surface area contributed by atoms with Gasteiger partial charge in [-0.15, -0.1) is 0 Å². The number of carbonyl (C=O) groups excluding carboxylic acids is 4. The van der Waals surface area contributed by atoms with Gasteiger partial charge in [-0.05, 0) is 63.8 Å². The summed E-state index contributed by atoms with van der Waals surface area (Å²) in [5, 5.41) is 15.6. The lowest BCUT2D eigenvalue weighted by molar-refractivity contribution is -0.143. The van der Waals surface area contributed by atoms with Crippen molar-refractivity contribution in [2.75, 3.05) is 0 Å². The van der Waals surface area contributed by atoms with Gasteiger partial charge in [0.05, 0.1) is 11.7 Å². The molecule has 0 unspecified atom stereocenters. The molecule has 10 heteroatoms. The van der Waals surface area contributed by atoms with E-state index in [0.29, 0.717) is 29.8 Å². The summed E-state index contributed by atoms with van der Waals surface area (Å²) in [6.45, 7) is 12.5. The maximum absolute atomic E-state index is 13.6. The zero-order valence-electron chi connectivity index (χ0n) is 28.7. The predicted octanol–water partition coefficient (Wildman–Crippen LogP) is 7.04. The van der Waals surface area contributed by atoms with Gasteiger partial charge in [-0.3, -0.25) is 19.2 Å². The van der Waals surface area contributed by atoms with E-state index in [1.807, 2.05) is 52.0 Å². The number of rotatable bonds is 19. The van der Waals surface area contributed by atoms with Crippen LogP contribution in [0, 0.1) is 11.8 Å². The fourth-order valence-electron chi connectivity index (χ4n) is 5.30. The lowest BCUT2D eigenvalue weighted by Gasteiger charge is -2.32. The molecule has 2 aromatic carbocycles. The number of ether oxygens (including phenoxy) is 1. The number of carbonyl (C=O) groups is 5. The van der Waals surface area contributed by atoms with Gasteiger partial charge in [0, 0.05) is 35.3 Å². The summed E-state index contributed by atoms with van der Waals surface area (Å²) in [4.78, 5) is 65.0. The first-order valence-electron chi connectivity index (χ1n) is 16.5. The van der Waals surface area contributed by atoms with Crippen molar-refractivity contribution in [2.24, 2.45) is 11.8 Å². The van der Waals surface area contributed by atoms with Crippen molar-refractivity contribution in [2.45, 2.75) is 117 Å². The number of amides is 2. The van der Waals surface area contributed by atoms with Crippen molar-refractivity contribution in [3.8, 4) is 11.1 Å². The van der Waals surface area contributed by atoms with E-state index >= 15 is 0 Å². The van der Waals surface area contributed by atoms with E-state index in [2.05, 4.69) is 10.6 Å². The van der Waals surface area contributed by atoms with E-state index in [1.165, 1.54) is 0 Å². The van der Waals surface area contributed by atoms with Crippen molar-refractivity contribution in [3.05, 3.63) is 59.1 Å². The summed E-state index contributed by atoms with van der Waals surface area (Å²) in [5.41, 5.74) is 1.73. The number of carboxylic acids is 1. The molecule has 0 saturated heterocycles. The van der Waals surface area contributed by atoms with E-state index in [-0.39, 0.29) is 18.6 Å². The van der Waals surface area contributed by atoms with Gasteiger partial charge in [0.25, 0.3) is 0 Å². The Morgan fingerprint density at radius 1 is 0.830 bits per heavy atom. The number of ketones is 2. The van der Waals surface area contributed by atoms with Crippen LogP contribution in [0.25, 0.3) is 11.1 Å². The highest BCUT2D eigenvalue weighted by molar-refractivity contribution is 6.30. The molecule has 47 heavy (non-hydrogen) atoms. The van der Waals surface area contributed by atoms with Crippen LogP contribution < -0.4 is 10.6 Å². The first-order valence-corrected chi connectivity index (χ1v) is 16.9. The monoisotopic (exact) mass is 670 g/mol. The third-order valence-electron chi connectivity index (χ3n) is 8.00. The van der Waals surface area contributed by atoms with Gasteiger partial charge in [-0.25, -0.2) is 4.79 Å². The Bertz CT molecular complexity index is 1350. The summed E-state index contributed by atoms with van der Waals surface area (Å²) in [6.07, 6.45) is 2.07. The van der Waals surface area contributed by atoms with Crippen LogP contribution in [0.2, 0.25) is 5.02 Å². The van der Waals surface area contributed by atoms with Gasteiger partial charge in [-0.2, -0.15) is 0 Å². The molecule has 5 atom stereocenters. The number of hydrogen-bond donors (Lipinski definition) is 3. The second-order valence-electron chi connectivity index (χ2n) is 13.2. The lowest BCUT2D eigenvalue weighted by atomic mass is 9.92. The first kappa shape index (κ1) is 39.6. The first-order chi connectivity index (χ1) is 22.1. The van der Waals surface area contributed by atoms with E-state index in [4.69, 9.17) is 16.3 Å². The number of halogens is 1. The smallest absolute Gasteiger partial charge is 0.326 e. The number of Topliss-reactive ketones (excluding diaryl/α,β-unsaturated/α-hetero) is 2. The molecule has 0 radical (unpaired) electrons. The Hall–Kier alpha value is -3.56. The standard InChI is InChI=1S/C37H51ClN2O7/c1-8-10-11-12-30(36(45)46)39-34(43)23(3)21-32(42)33(24(4)47-37(5,6)7)40-35(44)25(9-2)22-31(41)28-15-13-26(14-16-28)27-17-19-29(38)20-18-27/h13-20,23-25,30,33H,8-12,21-22H2,1-7H3,(H,39,43)(H,40,44)(H,45,46)/t23-,24-,25-,30+,33+/m1/s1. The highest BCUT2D eigenvalue weighted by Gasteiger charge is 2.34. The molecule has 0 aliphatic carbocycles. The minimum atomic E-state index is -1.12. The largest absolute Gasteiger partial charge is 0.480 e. The molecule has 0 bridgehead atoms. The van der Waals surface area contributed by atoms with Gasteiger partial charge in [0.2, 0.25) is 11.8 Å². The average molecular weight is 671 g/mol. The maximum atomic E-state index is 13.6. The van der Waals surface area contributed by atoms with Crippen LogP contribution in [0.1, 0.15) is 104 Å². The molecular weight excluding hydrogens is 620 g/mol. The average Bonchev–Trinajstić information content (AvgIpc) is 3.01. The number of nitrogens with one attached hydrogen (secondary N) is 2. The molecule has 9 nitrogen and oxygen atoms in total. The Labute approximate surface area is 284 Å². The van der Waals surface area contributed by atoms with E-state index in [0.717, 1.165) is 24.0 Å². The third-order valence-corrected chi connectivity index (χ3v) is 8.25. The number of benzene rings is 2. The van der Waals surface area contributed by atoms with Crippen molar-refractivity contribution in [1.29, 1.82) is 0 Å². The normalized spacial score (nSPS) is 14.7. The summed E-state index contributed by atoms with van der Waals surface area (Å²) < 4.78 is 6.04. The molecule has 2 aromatic rings. The molecular formula is C37H51ClN2O7. The predicted molar refractivity (Wildman–Crippen MR) is 184 cm³/mol. The molecule has 0 saturated carbocycles. The fourth-order valence-corrected chi connectivity index (χ4v) is 5.43. The molecule has 2 rings (SSSR count). The van der Waals surface area contributed by atoms with Gasteiger partial charge in [-0.1, -0.05) is 88.0 Å². The van der Waals surface area contributed by atoms with Crippen LogP contribution in [-0.4, -0.2) is 58.2 Å². The van der Waals surface area contributed by atoms with Crippen LogP contribution in [0.4, 0.5) is 0 Å². The quantitative estimate of drug-likeness (QED) is 0.108. The van der Waals surface area contributed by atoms with Gasteiger partial charge in [0.15, 0.2) is 11.6 Å². The summed E-state index contributed by atoms with van der Waals surface area (Å²) in [5.74, 6) is -4.28. The van der Waals surface area contributed by atoms with Crippen LogP contribution >= 0.6 is 11.6 Å². The Balaban J connectivity index is 2.14. The molecule has 0 aliphatic rings. The second kappa shape index (κ2) is 18.7. The zero-order valence-corrected chi connectivity index (χ0v) is 29.5.